The second-order valence-corrected chi connectivity index (χ2v) is 6.12. The van der Waals surface area contributed by atoms with Crippen LogP contribution in [0.2, 0.25) is 0 Å². The van der Waals surface area contributed by atoms with Crippen LogP contribution < -0.4 is 5.73 Å². The van der Waals surface area contributed by atoms with Gasteiger partial charge in [0.15, 0.2) is 0 Å². The highest BCUT2D eigenvalue weighted by Crippen LogP contribution is 2.16. The van der Waals surface area contributed by atoms with Gasteiger partial charge in [0.25, 0.3) is 0 Å². The molecule has 1 aliphatic rings. The van der Waals surface area contributed by atoms with Gasteiger partial charge < -0.3 is 15.2 Å². The molecule has 20 heavy (non-hydrogen) atoms. The molecule has 2 atom stereocenters. The summed E-state index contributed by atoms with van der Waals surface area (Å²) in [6.07, 6.45) is 3.65. The highest BCUT2D eigenvalue weighted by Gasteiger charge is 2.16. The van der Waals surface area contributed by atoms with Crippen LogP contribution in [0.5, 0.6) is 0 Å². The SMILES string of the molecule is CC(C)Cc1ccc(C(N)COCC2CCCO2)cc1. The van der Waals surface area contributed by atoms with E-state index in [4.69, 9.17) is 15.2 Å². The zero-order valence-corrected chi connectivity index (χ0v) is 12.7. The van der Waals surface area contributed by atoms with Crippen molar-refractivity contribution in [1.29, 1.82) is 0 Å². The van der Waals surface area contributed by atoms with E-state index in [0.717, 1.165) is 31.4 Å². The van der Waals surface area contributed by atoms with Gasteiger partial charge in [-0.3, -0.25) is 0 Å². The van der Waals surface area contributed by atoms with Crippen molar-refractivity contribution in [3.63, 3.8) is 0 Å². The average Bonchev–Trinajstić information content (AvgIpc) is 2.92. The van der Waals surface area contributed by atoms with Crippen molar-refractivity contribution in [1.82, 2.24) is 0 Å². The van der Waals surface area contributed by atoms with Crippen LogP contribution >= 0.6 is 0 Å². The van der Waals surface area contributed by atoms with Gasteiger partial charge in [-0.2, -0.15) is 0 Å². The fourth-order valence-corrected chi connectivity index (χ4v) is 2.57. The van der Waals surface area contributed by atoms with Crippen LogP contribution in [-0.2, 0) is 15.9 Å². The smallest absolute Gasteiger partial charge is 0.0809 e. The molecule has 0 aromatic heterocycles. The van der Waals surface area contributed by atoms with E-state index in [1.165, 1.54) is 5.56 Å². The summed E-state index contributed by atoms with van der Waals surface area (Å²) in [6.45, 7) is 6.57. The van der Waals surface area contributed by atoms with Gasteiger partial charge in [-0.15, -0.1) is 0 Å². The molecule has 0 radical (unpaired) electrons. The van der Waals surface area contributed by atoms with Gasteiger partial charge in [-0.25, -0.2) is 0 Å². The summed E-state index contributed by atoms with van der Waals surface area (Å²) in [6, 6.07) is 8.55. The molecule has 2 N–H and O–H groups in total. The first-order chi connectivity index (χ1) is 9.65. The van der Waals surface area contributed by atoms with E-state index in [9.17, 15) is 0 Å². The molecule has 1 aromatic rings. The minimum Gasteiger partial charge on any atom is -0.377 e. The highest BCUT2D eigenvalue weighted by atomic mass is 16.5. The van der Waals surface area contributed by atoms with Gasteiger partial charge in [-0.05, 0) is 36.3 Å². The molecular weight excluding hydrogens is 250 g/mol. The summed E-state index contributed by atoms with van der Waals surface area (Å²) >= 11 is 0. The molecule has 0 amide bonds. The first-order valence-electron chi connectivity index (χ1n) is 7.69. The maximum atomic E-state index is 6.17. The van der Waals surface area contributed by atoms with E-state index < -0.39 is 0 Å². The number of hydrogen-bond acceptors (Lipinski definition) is 3. The molecule has 1 aliphatic heterocycles. The Morgan fingerprint density at radius 3 is 2.65 bits per heavy atom. The number of rotatable bonds is 7. The molecule has 3 nitrogen and oxygen atoms in total. The second kappa shape index (κ2) is 7.77. The van der Waals surface area contributed by atoms with Crippen molar-refractivity contribution < 1.29 is 9.47 Å². The number of nitrogens with two attached hydrogens (primary N) is 1. The van der Waals surface area contributed by atoms with Crippen LogP contribution in [0.4, 0.5) is 0 Å². The van der Waals surface area contributed by atoms with Crippen LogP contribution in [-0.4, -0.2) is 25.9 Å². The Kier molecular flexibility index (Phi) is 6.02. The van der Waals surface area contributed by atoms with Gasteiger partial charge in [0.1, 0.15) is 0 Å². The van der Waals surface area contributed by atoms with Crippen LogP contribution in [0.1, 0.15) is 43.9 Å². The average molecular weight is 277 g/mol. The van der Waals surface area contributed by atoms with Crippen molar-refractivity contribution >= 4 is 0 Å². The highest BCUT2D eigenvalue weighted by molar-refractivity contribution is 5.25. The van der Waals surface area contributed by atoms with Crippen molar-refractivity contribution in [2.45, 2.75) is 45.3 Å². The summed E-state index contributed by atoms with van der Waals surface area (Å²) in [7, 11) is 0. The van der Waals surface area contributed by atoms with Crippen molar-refractivity contribution in [2.24, 2.45) is 11.7 Å². The van der Waals surface area contributed by atoms with Gasteiger partial charge in [0.05, 0.1) is 25.4 Å². The maximum Gasteiger partial charge on any atom is 0.0809 e. The minimum atomic E-state index is -0.0514. The van der Waals surface area contributed by atoms with Crippen LogP contribution in [0.15, 0.2) is 24.3 Å². The molecule has 0 bridgehead atoms. The van der Waals surface area contributed by atoms with Crippen molar-refractivity contribution in [2.75, 3.05) is 19.8 Å². The number of benzene rings is 1. The Labute approximate surface area is 122 Å². The molecule has 1 saturated heterocycles. The fourth-order valence-electron chi connectivity index (χ4n) is 2.57. The lowest BCUT2D eigenvalue weighted by Gasteiger charge is -2.15. The molecule has 3 heteroatoms. The summed E-state index contributed by atoms with van der Waals surface area (Å²) in [5.41, 5.74) is 8.68. The number of hydrogen-bond donors (Lipinski definition) is 1. The molecule has 0 spiro atoms. The lowest BCUT2D eigenvalue weighted by molar-refractivity contribution is 0.0129. The summed E-state index contributed by atoms with van der Waals surface area (Å²) in [5.74, 6) is 0.685. The lowest BCUT2D eigenvalue weighted by Crippen LogP contribution is -2.21. The van der Waals surface area contributed by atoms with Crippen LogP contribution in [0.25, 0.3) is 0 Å². The zero-order valence-electron chi connectivity index (χ0n) is 12.7. The molecule has 2 rings (SSSR count). The summed E-state index contributed by atoms with van der Waals surface area (Å²) in [5, 5.41) is 0. The van der Waals surface area contributed by atoms with Gasteiger partial charge in [0, 0.05) is 6.61 Å². The van der Waals surface area contributed by atoms with E-state index >= 15 is 0 Å². The molecule has 112 valence electrons. The predicted octanol–water partition coefficient (Wildman–Crippen LogP) is 3.08. The molecular formula is C17H27NO2. The third kappa shape index (κ3) is 4.89. The zero-order chi connectivity index (χ0) is 14.4. The maximum absolute atomic E-state index is 6.17. The molecule has 1 heterocycles. The Balaban J connectivity index is 1.75. The van der Waals surface area contributed by atoms with E-state index in [1.807, 2.05) is 0 Å². The van der Waals surface area contributed by atoms with Gasteiger partial charge >= 0.3 is 0 Å². The molecule has 0 saturated carbocycles. The molecule has 0 aliphatic carbocycles. The fraction of sp³-hybridized carbons (Fsp3) is 0.647. The Bertz CT molecular complexity index is 382. The largest absolute Gasteiger partial charge is 0.377 e. The third-order valence-corrected chi connectivity index (χ3v) is 3.68. The Morgan fingerprint density at radius 2 is 2.05 bits per heavy atom. The van der Waals surface area contributed by atoms with Crippen molar-refractivity contribution in [3.05, 3.63) is 35.4 Å². The molecule has 1 fully saturated rings. The van der Waals surface area contributed by atoms with E-state index in [1.54, 1.807) is 0 Å². The van der Waals surface area contributed by atoms with Crippen LogP contribution in [0, 0.1) is 5.92 Å². The summed E-state index contributed by atoms with van der Waals surface area (Å²) < 4.78 is 11.2. The standard InChI is InChI=1S/C17H27NO2/c1-13(2)10-14-5-7-15(8-6-14)17(18)12-19-11-16-4-3-9-20-16/h5-8,13,16-17H,3-4,9-12,18H2,1-2H3. The van der Waals surface area contributed by atoms with E-state index in [-0.39, 0.29) is 12.1 Å². The van der Waals surface area contributed by atoms with Crippen molar-refractivity contribution in [3.8, 4) is 0 Å². The monoisotopic (exact) mass is 277 g/mol. The van der Waals surface area contributed by atoms with Gasteiger partial charge in [0.2, 0.25) is 0 Å². The van der Waals surface area contributed by atoms with Gasteiger partial charge in [-0.1, -0.05) is 38.1 Å². The minimum absolute atomic E-state index is 0.0514. The Morgan fingerprint density at radius 1 is 1.30 bits per heavy atom. The normalized spacial score (nSPS) is 20.5. The third-order valence-electron chi connectivity index (χ3n) is 3.68. The Hall–Kier alpha value is -0.900. The first-order valence-corrected chi connectivity index (χ1v) is 7.69. The first kappa shape index (κ1) is 15.5. The molecule has 2 unspecified atom stereocenters. The molecule has 1 aromatic carbocycles. The van der Waals surface area contributed by atoms with E-state index in [2.05, 4.69) is 38.1 Å². The topological polar surface area (TPSA) is 44.5 Å². The van der Waals surface area contributed by atoms with E-state index in [0.29, 0.717) is 19.1 Å². The lowest BCUT2D eigenvalue weighted by atomic mass is 10.00. The second-order valence-electron chi connectivity index (χ2n) is 6.12. The predicted molar refractivity (Wildman–Crippen MR) is 81.7 cm³/mol. The number of ether oxygens (including phenoxy) is 2. The van der Waals surface area contributed by atoms with Crippen LogP contribution in [0.3, 0.4) is 0 Å². The quantitative estimate of drug-likeness (QED) is 0.833. The summed E-state index contributed by atoms with van der Waals surface area (Å²) in [4.78, 5) is 0.